The Kier molecular flexibility index (Phi) is 6.63. The van der Waals surface area contributed by atoms with Gasteiger partial charge in [0.2, 0.25) is 0 Å². The molecule has 1 aromatic heterocycles. The van der Waals surface area contributed by atoms with Gasteiger partial charge >= 0.3 is 6.03 Å². The zero-order valence-electron chi connectivity index (χ0n) is 20.2. The molecule has 2 aromatic carbocycles. The minimum absolute atomic E-state index is 0.0200. The molecule has 0 saturated heterocycles. The largest absolute Gasteiger partial charge is 0.489 e. The summed E-state index contributed by atoms with van der Waals surface area (Å²) in [4.78, 5) is 27.6. The van der Waals surface area contributed by atoms with Crippen LogP contribution in [0.5, 0.6) is 5.75 Å². The Morgan fingerprint density at radius 1 is 1.26 bits per heavy atom. The van der Waals surface area contributed by atoms with Crippen LogP contribution in [0.4, 0.5) is 10.5 Å². The summed E-state index contributed by atoms with van der Waals surface area (Å²) in [5, 5.41) is 16.8. The third kappa shape index (κ3) is 5.53. The van der Waals surface area contributed by atoms with Gasteiger partial charge in [0.15, 0.2) is 0 Å². The van der Waals surface area contributed by atoms with Crippen molar-refractivity contribution in [2.24, 2.45) is 0 Å². The van der Waals surface area contributed by atoms with E-state index in [2.05, 4.69) is 22.3 Å². The molecule has 35 heavy (non-hydrogen) atoms. The second-order valence-electron chi connectivity index (χ2n) is 9.03. The Balaban J connectivity index is 1.49. The SMILES string of the molecule is Cc1c(Cc2ccccc2)cnn1C(=O)N[C@H]1COc2ccc(C#CC(C)(C)O)cc2N(C)C1=O. The highest BCUT2D eigenvalue weighted by molar-refractivity contribution is 6.00. The molecular weight excluding hydrogens is 444 g/mol. The molecule has 1 atom stereocenters. The number of carbonyl (C=O) groups excluding carboxylic acids is 2. The second kappa shape index (κ2) is 9.65. The summed E-state index contributed by atoms with van der Waals surface area (Å²) in [5.41, 5.74) is 2.80. The number of nitrogens with one attached hydrogen (secondary N) is 1. The molecule has 0 fully saturated rings. The lowest BCUT2D eigenvalue weighted by molar-refractivity contribution is -0.120. The maximum absolute atomic E-state index is 13.2. The van der Waals surface area contributed by atoms with Gasteiger partial charge in [0.05, 0.1) is 11.9 Å². The maximum atomic E-state index is 13.2. The van der Waals surface area contributed by atoms with Gasteiger partial charge in [-0.3, -0.25) is 4.79 Å². The van der Waals surface area contributed by atoms with Crippen molar-refractivity contribution in [3.8, 4) is 17.6 Å². The van der Waals surface area contributed by atoms with Crippen LogP contribution in [0.2, 0.25) is 0 Å². The number of amides is 2. The van der Waals surface area contributed by atoms with Gasteiger partial charge in [0.25, 0.3) is 5.91 Å². The van der Waals surface area contributed by atoms with Crippen molar-refractivity contribution in [3.05, 3.63) is 77.1 Å². The van der Waals surface area contributed by atoms with Crippen molar-refractivity contribution in [3.63, 3.8) is 0 Å². The first kappa shape index (κ1) is 24.0. The van der Waals surface area contributed by atoms with Crippen LogP contribution in [0.3, 0.4) is 0 Å². The number of ether oxygens (including phenoxy) is 1. The number of fused-ring (bicyclic) bond motifs is 1. The molecule has 8 heteroatoms. The number of aromatic nitrogens is 2. The Morgan fingerprint density at radius 2 is 2.00 bits per heavy atom. The van der Waals surface area contributed by atoms with Crippen molar-refractivity contribution in [2.75, 3.05) is 18.6 Å². The number of carbonyl (C=O) groups is 2. The monoisotopic (exact) mass is 472 g/mol. The first-order valence-corrected chi connectivity index (χ1v) is 11.3. The fourth-order valence-corrected chi connectivity index (χ4v) is 3.75. The van der Waals surface area contributed by atoms with Gasteiger partial charge in [0, 0.05) is 24.7 Å². The summed E-state index contributed by atoms with van der Waals surface area (Å²) in [6.07, 6.45) is 2.33. The van der Waals surface area contributed by atoms with Crippen LogP contribution in [0.25, 0.3) is 0 Å². The standard InChI is InChI=1S/C27H28N4O4/c1-18-21(14-19-8-6-5-7-9-19)16-28-31(18)26(33)29-22-17-35-24-11-10-20(12-13-27(2,3)34)15-23(24)30(4)25(22)32/h5-11,15-16,22,34H,14,17H2,1-4H3,(H,29,33)/t22-/m0/s1. The van der Waals surface area contributed by atoms with Crippen molar-refractivity contribution in [2.45, 2.75) is 38.8 Å². The van der Waals surface area contributed by atoms with Crippen LogP contribution in [0.15, 0.2) is 54.7 Å². The molecule has 0 aliphatic carbocycles. The third-order valence-corrected chi connectivity index (χ3v) is 5.71. The van der Waals surface area contributed by atoms with Crippen LogP contribution in [0.1, 0.15) is 36.2 Å². The molecule has 2 N–H and O–H groups in total. The Hall–Kier alpha value is -4.09. The van der Waals surface area contributed by atoms with Gasteiger partial charge < -0.3 is 20.1 Å². The Bertz CT molecular complexity index is 1310. The molecule has 0 spiro atoms. The summed E-state index contributed by atoms with van der Waals surface area (Å²) in [6, 6.07) is 13.8. The molecule has 0 bridgehead atoms. The van der Waals surface area contributed by atoms with Crippen molar-refractivity contribution < 1.29 is 19.4 Å². The lowest BCUT2D eigenvalue weighted by Crippen LogP contribution is -2.50. The molecule has 3 aromatic rings. The molecule has 0 radical (unpaired) electrons. The lowest BCUT2D eigenvalue weighted by atomic mass is 10.1. The van der Waals surface area contributed by atoms with Crippen molar-refractivity contribution >= 4 is 17.6 Å². The molecule has 4 rings (SSSR count). The summed E-state index contributed by atoms with van der Waals surface area (Å²) >= 11 is 0. The number of hydrogen-bond donors (Lipinski definition) is 2. The molecule has 1 aliphatic heterocycles. The zero-order chi connectivity index (χ0) is 25.2. The summed E-state index contributed by atoms with van der Waals surface area (Å²) < 4.78 is 7.12. The first-order chi connectivity index (χ1) is 16.6. The smallest absolute Gasteiger partial charge is 0.343 e. The Labute approximate surface area is 204 Å². The second-order valence-corrected chi connectivity index (χ2v) is 9.03. The van der Waals surface area contributed by atoms with Crippen LogP contribution in [-0.4, -0.2) is 52.1 Å². The van der Waals surface area contributed by atoms with E-state index in [0.717, 1.165) is 11.1 Å². The van der Waals surface area contributed by atoms with E-state index in [4.69, 9.17) is 4.74 Å². The van der Waals surface area contributed by atoms with Crippen LogP contribution < -0.4 is 15.0 Å². The highest BCUT2D eigenvalue weighted by Crippen LogP contribution is 2.31. The van der Waals surface area contributed by atoms with E-state index in [1.165, 1.54) is 9.58 Å². The number of anilines is 1. The van der Waals surface area contributed by atoms with E-state index in [9.17, 15) is 14.7 Å². The number of benzene rings is 2. The van der Waals surface area contributed by atoms with E-state index in [0.29, 0.717) is 29.1 Å². The quantitative estimate of drug-likeness (QED) is 0.572. The van der Waals surface area contributed by atoms with Crippen molar-refractivity contribution in [1.82, 2.24) is 15.1 Å². The zero-order valence-corrected chi connectivity index (χ0v) is 20.2. The topological polar surface area (TPSA) is 96.7 Å². The van der Waals surface area contributed by atoms with E-state index >= 15 is 0 Å². The van der Waals surface area contributed by atoms with Gasteiger partial charge in [0.1, 0.15) is 24.0 Å². The average Bonchev–Trinajstić information content (AvgIpc) is 3.14. The average molecular weight is 473 g/mol. The van der Waals surface area contributed by atoms with Crippen LogP contribution in [0, 0.1) is 18.8 Å². The molecule has 0 unspecified atom stereocenters. The van der Waals surface area contributed by atoms with Crippen molar-refractivity contribution in [1.29, 1.82) is 0 Å². The fraction of sp³-hybridized carbons (Fsp3) is 0.296. The third-order valence-electron chi connectivity index (χ3n) is 5.71. The van der Waals surface area contributed by atoms with E-state index in [-0.39, 0.29) is 12.5 Å². The molecule has 180 valence electrons. The van der Waals surface area contributed by atoms with Crippen LogP contribution >= 0.6 is 0 Å². The first-order valence-electron chi connectivity index (χ1n) is 11.3. The molecule has 8 nitrogen and oxygen atoms in total. The molecule has 2 amide bonds. The molecular formula is C27H28N4O4. The van der Waals surface area contributed by atoms with E-state index in [1.54, 1.807) is 45.3 Å². The number of nitrogens with zero attached hydrogens (tertiary/aromatic N) is 3. The Morgan fingerprint density at radius 3 is 2.71 bits per heavy atom. The summed E-state index contributed by atoms with van der Waals surface area (Å²) in [5.74, 6) is 5.85. The van der Waals surface area contributed by atoms with E-state index in [1.807, 2.05) is 37.3 Å². The highest BCUT2D eigenvalue weighted by atomic mass is 16.5. The van der Waals surface area contributed by atoms with Crippen LogP contribution in [-0.2, 0) is 11.2 Å². The highest BCUT2D eigenvalue weighted by Gasteiger charge is 2.31. The predicted octanol–water partition coefficient (Wildman–Crippen LogP) is 2.89. The number of likely N-dealkylation sites (N-methyl/N-ethyl adjacent to an activating group) is 1. The maximum Gasteiger partial charge on any atom is 0.343 e. The summed E-state index contributed by atoms with van der Waals surface area (Å²) in [6.45, 7) is 5.01. The lowest BCUT2D eigenvalue weighted by Gasteiger charge is -2.20. The number of hydrogen-bond acceptors (Lipinski definition) is 5. The minimum Gasteiger partial charge on any atom is -0.489 e. The molecule has 1 aliphatic rings. The number of aliphatic hydroxyl groups is 1. The van der Waals surface area contributed by atoms with Gasteiger partial charge in [-0.1, -0.05) is 42.2 Å². The molecule has 2 heterocycles. The van der Waals surface area contributed by atoms with Gasteiger partial charge in [-0.2, -0.15) is 9.78 Å². The predicted molar refractivity (Wildman–Crippen MR) is 132 cm³/mol. The van der Waals surface area contributed by atoms with E-state index < -0.39 is 17.7 Å². The van der Waals surface area contributed by atoms with Gasteiger partial charge in [-0.15, -0.1) is 0 Å². The fourth-order valence-electron chi connectivity index (χ4n) is 3.75. The summed E-state index contributed by atoms with van der Waals surface area (Å²) in [7, 11) is 1.62. The van der Waals surface area contributed by atoms with Gasteiger partial charge in [-0.05, 0) is 50.1 Å². The normalized spacial score (nSPS) is 15.4. The minimum atomic E-state index is -1.13. The van der Waals surface area contributed by atoms with Gasteiger partial charge in [-0.25, -0.2) is 4.79 Å². The molecule has 0 saturated carbocycles. The number of rotatable bonds is 3.